The van der Waals surface area contributed by atoms with Crippen molar-refractivity contribution in [2.45, 2.75) is 118 Å². The lowest BCUT2D eigenvalue weighted by Gasteiger charge is -2.32. The molecule has 0 aliphatic carbocycles. The Morgan fingerprint density at radius 2 is 0.714 bits per heavy atom. The topological polar surface area (TPSA) is 83.1 Å². The molecule has 0 spiro atoms. The first kappa shape index (κ1) is 35.1. The maximum atomic E-state index is 6.87. The summed E-state index contributed by atoms with van der Waals surface area (Å²) in [6.07, 6.45) is -0.170. The summed E-state index contributed by atoms with van der Waals surface area (Å²) in [5, 5.41) is 0. The van der Waals surface area contributed by atoms with Gasteiger partial charge in [0.2, 0.25) is 0 Å². The van der Waals surface area contributed by atoms with Gasteiger partial charge < -0.3 is 42.0 Å². The van der Waals surface area contributed by atoms with Crippen molar-refractivity contribution in [3.05, 3.63) is 53.1 Å². The van der Waals surface area contributed by atoms with Gasteiger partial charge in [-0.25, -0.2) is 0 Å². The van der Waals surface area contributed by atoms with Crippen molar-refractivity contribution in [1.29, 1.82) is 0 Å². The average Bonchev–Trinajstić information content (AvgIpc) is 2.99. The van der Waals surface area contributed by atoms with Gasteiger partial charge in [-0.1, -0.05) is 62.3 Å². The molecular weight excluding hydrogens is 643 g/mol. The highest BCUT2D eigenvalue weighted by atomic mass is 31.2. The number of hydrogen-bond acceptors (Lipinski definition) is 9. The first-order valence-electron chi connectivity index (χ1n) is 17.1. The summed E-state index contributed by atoms with van der Waals surface area (Å²) in [5.74, 6) is 5.67. The van der Waals surface area contributed by atoms with Crippen molar-refractivity contribution in [3.8, 4) is 51.7 Å². The summed E-state index contributed by atoms with van der Waals surface area (Å²) in [6, 6.07) is 11.7. The molecule has 266 valence electrons. The van der Waals surface area contributed by atoms with E-state index in [-0.39, 0.29) is 34.6 Å². The minimum absolute atomic E-state index is 0.0566. The van der Waals surface area contributed by atoms with Crippen LogP contribution in [-0.4, -0.2) is 38.1 Å². The van der Waals surface area contributed by atoms with E-state index in [0.717, 1.165) is 16.7 Å². The van der Waals surface area contributed by atoms with Crippen LogP contribution in [0.25, 0.3) is 0 Å². The van der Waals surface area contributed by atoms with Crippen LogP contribution in [0.5, 0.6) is 51.7 Å². The molecule has 0 amide bonds. The molecule has 9 nitrogen and oxygen atoms in total. The van der Waals surface area contributed by atoms with Gasteiger partial charge in [0, 0.05) is 34.9 Å². The van der Waals surface area contributed by atoms with Crippen LogP contribution < -0.4 is 42.0 Å². The molecular formula is C39H51O9P. The summed E-state index contributed by atoms with van der Waals surface area (Å²) < 4.78 is 57.4. The smallest absolute Gasteiger partial charge is 0.486 e. The lowest BCUT2D eigenvalue weighted by Crippen LogP contribution is -2.27. The quantitative estimate of drug-likeness (QED) is 0.234. The molecule has 0 fully saturated rings. The van der Waals surface area contributed by atoms with Crippen molar-refractivity contribution in [2.24, 2.45) is 0 Å². The minimum atomic E-state index is -2.14. The predicted octanol–water partition coefficient (Wildman–Crippen LogP) is 9.82. The van der Waals surface area contributed by atoms with Gasteiger partial charge in [0.05, 0.1) is 0 Å². The fraction of sp³-hybridized carbons (Fsp3) is 0.538. The highest BCUT2D eigenvalue weighted by Crippen LogP contribution is 2.54. The van der Waals surface area contributed by atoms with Gasteiger partial charge in [-0.3, -0.25) is 0 Å². The predicted molar refractivity (Wildman–Crippen MR) is 191 cm³/mol. The number of benzene rings is 3. The van der Waals surface area contributed by atoms with Crippen LogP contribution in [0.2, 0.25) is 0 Å². The van der Waals surface area contributed by atoms with Gasteiger partial charge in [-0.2, -0.15) is 0 Å². The third-order valence-electron chi connectivity index (χ3n) is 8.49. The van der Waals surface area contributed by atoms with Crippen molar-refractivity contribution in [1.82, 2.24) is 0 Å². The fourth-order valence-corrected chi connectivity index (χ4v) is 6.94. The molecule has 49 heavy (non-hydrogen) atoms. The van der Waals surface area contributed by atoms with Gasteiger partial charge >= 0.3 is 8.60 Å². The van der Waals surface area contributed by atoms with Crippen LogP contribution in [0.15, 0.2) is 36.4 Å². The van der Waals surface area contributed by atoms with Gasteiger partial charge in [-0.05, 0) is 55.2 Å². The van der Waals surface area contributed by atoms with Crippen LogP contribution in [0.1, 0.15) is 99.8 Å². The molecule has 0 bridgehead atoms. The number of fused-ring (bicyclic) bond motifs is 3. The average molecular weight is 695 g/mol. The molecule has 0 saturated carbocycles. The standard InChI is InChI=1S/C39H51O9P/c1-22-19-40-31-16-28(25(37(4,5)6)13-34(31)43-22)46-49(47-29-17-32-35(44-23(2)20-41-32)14-26(29)38(7,8)9)48-30-18-33-36(45-24(3)21-42-33)15-27(30)39(10,11)12/h13-18,22-24H,19-21H2,1-12H3. The van der Waals surface area contributed by atoms with Gasteiger partial charge in [0.15, 0.2) is 34.5 Å². The molecule has 3 unspecified atom stereocenters. The van der Waals surface area contributed by atoms with E-state index in [2.05, 4.69) is 62.3 Å². The zero-order valence-corrected chi connectivity index (χ0v) is 31.8. The van der Waals surface area contributed by atoms with Crippen LogP contribution in [-0.2, 0) is 16.2 Å². The molecule has 0 radical (unpaired) electrons. The largest absolute Gasteiger partial charge is 0.530 e. The van der Waals surface area contributed by atoms with Crippen LogP contribution in [0, 0.1) is 0 Å². The van der Waals surface area contributed by atoms with Crippen molar-refractivity contribution >= 4 is 8.60 Å². The van der Waals surface area contributed by atoms with E-state index >= 15 is 0 Å². The Labute approximate surface area is 292 Å². The van der Waals surface area contributed by atoms with Crippen LogP contribution in [0.4, 0.5) is 0 Å². The summed E-state index contributed by atoms with van der Waals surface area (Å²) in [6.45, 7) is 26.5. The summed E-state index contributed by atoms with van der Waals surface area (Å²) in [7, 11) is -2.14. The number of rotatable bonds is 6. The zero-order valence-electron chi connectivity index (χ0n) is 30.9. The summed E-state index contributed by atoms with van der Waals surface area (Å²) in [4.78, 5) is 0. The summed E-state index contributed by atoms with van der Waals surface area (Å²) >= 11 is 0. The maximum absolute atomic E-state index is 6.87. The Hall–Kier alpha value is -3.71. The molecule has 3 aromatic rings. The van der Waals surface area contributed by atoms with Gasteiger partial charge in [-0.15, -0.1) is 0 Å². The maximum Gasteiger partial charge on any atom is 0.530 e. The minimum Gasteiger partial charge on any atom is -0.486 e. The van der Waals surface area contributed by atoms with E-state index in [9.17, 15) is 0 Å². The van der Waals surface area contributed by atoms with Crippen LogP contribution >= 0.6 is 8.60 Å². The molecule has 3 aliphatic rings. The fourth-order valence-electron chi connectivity index (χ4n) is 5.89. The van der Waals surface area contributed by atoms with Gasteiger partial charge in [0.1, 0.15) is 55.4 Å². The SMILES string of the molecule is CC1COc2cc(OP(Oc3cc4c(cc3C(C)(C)C)OC(C)CO4)Oc3cc4c(cc3C(C)(C)C)OC(C)CO4)c(C(C)(C)C)cc2O1. The molecule has 6 rings (SSSR count). The molecule has 0 N–H and O–H groups in total. The molecule has 3 atom stereocenters. The first-order chi connectivity index (χ1) is 22.8. The van der Waals surface area contributed by atoms with Crippen molar-refractivity contribution in [2.75, 3.05) is 19.8 Å². The Kier molecular flexibility index (Phi) is 9.23. The highest BCUT2D eigenvalue weighted by Gasteiger charge is 2.35. The normalized spacial score (nSPS) is 20.7. The van der Waals surface area contributed by atoms with E-state index in [1.807, 2.05) is 57.2 Å². The van der Waals surface area contributed by atoms with Crippen LogP contribution in [0.3, 0.4) is 0 Å². The molecule has 3 heterocycles. The monoisotopic (exact) mass is 694 g/mol. The molecule has 0 aromatic heterocycles. The Morgan fingerprint density at radius 1 is 0.449 bits per heavy atom. The second kappa shape index (κ2) is 12.9. The van der Waals surface area contributed by atoms with E-state index in [4.69, 9.17) is 42.0 Å². The third-order valence-corrected chi connectivity index (χ3v) is 9.52. The first-order valence-corrected chi connectivity index (χ1v) is 18.2. The lowest BCUT2D eigenvalue weighted by atomic mass is 9.86. The molecule has 10 heteroatoms. The van der Waals surface area contributed by atoms with Crippen molar-refractivity contribution < 1.29 is 42.0 Å². The lowest BCUT2D eigenvalue weighted by molar-refractivity contribution is 0.103. The summed E-state index contributed by atoms with van der Waals surface area (Å²) in [5.41, 5.74) is 1.90. The van der Waals surface area contributed by atoms with Gasteiger partial charge in [0.25, 0.3) is 0 Å². The van der Waals surface area contributed by atoms with E-state index in [1.165, 1.54) is 0 Å². The van der Waals surface area contributed by atoms with E-state index in [1.54, 1.807) is 0 Å². The molecule has 0 saturated heterocycles. The third kappa shape index (κ3) is 7.72. The molecule has 3 aromatic carbocycles. The number of ether oxygens (including phenoxy) is 6. The second-order valence-electron chi connectivity index (χ2n) is 16.4. The Morgan fingerprint density at radius 3 is 0.959 bits per heavy atom. The van der Waals surface area contributed by atoms with Crippen molar-refractivity contribution in [3.63, 3.8) is 0 Å². The second-order valence-corrected chi connectivity index (χ2v) is 17.3. The van der Waals surface area contributed by atoms with E-state index in [0.29, 0.717) is 71.6 Å². The van der Waals surface area contributed by atoms with E-state index < -0.39 is 8.60 Å². The Balaban J connectivity index is 1.47. The number of hydrogen-bond donors (Lipinski definition) is 0. The Bertz CT molecular complexity index is 1500. The highest BCUT2D eigenvalue weighted by molar-refractivity contribution is 7.43. The molecule has 3 aliphatic heterocycles. The zero-order chi connectivity index (χ0) is 35.5.